The number of nitrogens with one attached hydrogen (secondary N) is 1. The van der Waals surface area contributed by atoms with Crippen LogP contribution in [0.1, 0.15) is 0 Å². The fraction of sp³-hybridized carbons (Fsp3) is 0.0769. The summed E-state index contributed by atoms with van der Waals surface area (Å²) in [4.78, 5) is 3.63. The van der Waals surface area contributed by atoms with Crippen LogP contribution in [-0.4, -0.2) is 29.4 Å². The fourth-order valence-corrected chi connectivity index (χ4v) is 3.43. The lowest BCUT2D eigenvalue weighted by molar-refractivity contribution is -0.274. The highest BCUT2D eigenvalue weighted by Crippen LogP contribution is 2.26. The monoisotopic (exact) mass is 436 g/mol. The zero-order valence-electron chi connectivity index (χ0n) is 12.0. The van der Waals surface area contributed by atoms with Crippen LogP contribution in [0.25, 0.3) is 5.52 Å². The van der Waals surface area contributed by atoms with Crippen molar-refractivity contribution in [3.05, 3.63) is 47.3 Å². The van der Waals surface area contributed by atoms with Crippen LogP contribution in [0.3, 0.4) is 0 Å². The molecule has 0 atom stereocenters. The molecular weight excluding hydrogens is 429 g/mol. The minimum Gasteiger partial charge on any atom is -0.406 e. The normalized spacial score (nSPS) is 12.3. The summed E-state index contributed by atoms with van der Waals surface area (Å²) in [5.41, 5.74) is 0.398. The Hall–Kier alpha value is -2.34. The summed E-state index contributed by atoms with van der Waals surface area (Å²) < 4.78 is 69.2. The molecule has 0 aliphatic carbocycles. The van der Waals surface area contributed by atoms with Crippen LogP contribution in [0.15, 0.2) is 52.2 Å². The van der Waals surface area contributed by atoms with Crippen molar-refractivity contribution in [2.24, 2.45) is 0 Å². The van der Waals surface area contributed by atoms with Crippen molar-refractivity contribution in [1.82, 2.24) is 14.6 Å². The Kier molecular flexibility index (Phi) is 4.33. The zero-order valence-corrected chi connectivity index (χ0v) is 14.4. The maximum atomic E-state index is 12.4. The first kappa shape index (κ1) is 17.5. The van der Waals surface area contributed by atoms with Gasteiger partial charge in [-0.2, -0.15) is 5.10 Å². The van der Waals surface area contributed by atoms with Crippen molar-refractivity contribution < 1.29 is 26.3 Å². The Morgan fingerprint density at radius 3 is 2.44 bits per heavy atom. The van der Waals surface area contributed by atoms with Gasteiger partial charge in [-0.3, -0.25) is 4.72 Å². The molecule has 0 fully saturated rings. The summed E-state index contributed by atoms with van der Waals surface area (Å²) in [7, 11) is -4.06. The van der Waals surface area contributed by atoms with Gasteiger partial charge in [-0.05, 0) is 52.3 Å². The molecule has 12 heteroatoms. The van der Waals surface area contributed by atoms with E-state index >= 15 is 0 Å². The third-order valence-corrected chi connectivity index (χ3v) is 4.96. The van der Waals surface area contributed by atoms with Crippen molar-refractivity contribution in [1.29, 1.82) is 0 Å². The predicted octanol–water partition coefficient (Wildman–Crippen LogP) is 3.19. The lowest BCUT2D eigenvalue weighted by Gasteiger charge is -2.11. The Morgan fingerprint density at radius 1 is 1.12 bits per heavy atom. The number of benzene rings is 1. The van der Waals surface area contributed by atoms with E-state index in [1.165, 1.54) is 4.52 Å². The Morgan fingerprint density at radius 2 is 1.80 bits per heavy atom. The Labute approximate surface area is 147 Å². The molecular formula is C13H8BrF3N4O3S. The second-order valence-corrected chi connectivity index (χ2v) is 7.18. The minimum absolute atomic E-state index is 0.0244. The highest BCUT2D eigenvalue weighted by Gasteiger charge is 2.31. The van der Waals surface area contributed by atoms with Gasteiger partial charge in [0.15, 0.2) is 5.82 Å². The maximum absolute atomic E-state index is 12.4. The average Bonchev–Trinajstić information content (AvgIpc) is 2.89. The molecule has 0 spiro atoms. The average molecular weight is 437 g/mol. The lowest BCUT2D eigenvalue weighted by atomic mass is 10.3. The number of hydrogen-bond acceptors (Lipinski definition) is 5. The third kappa shape index (κ3) is 3.85. The van der Waals surface area contributed by atoms with Gasteiger partial charge in [0.2, 0.25) is 0 Å². The minimum atomic E-state index is -4.85. The van der Waals surface area contributed by atoms with E-state index < -0.39 is 22.1 Å². The van der Waals surface area contributed by atoms with E-state index in [4.69, 9.17) is 0 Å². The standard InChI is InChI=1S/C13H8BrF3N4O3S/c14-11-6-5-10-12(18-7-19-21(10)11)20-25(22,23)9-3-1-8(2-4-9)24-13(15,16)17/h1-7H,(H,18,19,20). The highest BCUT2D eigenvalue weighted by molar-refractivity contribution is 9.10. The van der Waals surface area contributed by atoms with Crippen molar-refractivity contribution in [3.8, 4) is 5.75 Å². The number of ether oxygens (including phenoxy) is 1. The molecule has 0 bridgehead atoms. The fourth-order valence-electron chi connectivity index (χ4n) is 1.99. The van der Waals surface area contributed by atoms with E-state index in [0.717, 1.165) is 30.6 Å². The van der Waals surface area contributed by atoms with Gasteiger partial charge in [-0.25, -0.2) is 17.9 Å². The molecule has 7 nitrogen and oxygen atoms in total. The number of anilines is 1. The summed E-state index contributed by atoms with van der Waals surface area (Å²) in [5.74, 6) is -0.497. The molecule has 0 amide bonds. The van der Waals surface area contributed by atoms with Crippen molar-refractivity contribution in [3.63, 3.8) is 0 Å². The first-order valence-electron chi connectivity index (χ1n) is 6.53. The molecule has 0 saturated heterocycles. The van der Waals surface area contributed by atoms with E-state index in [9.17, 15) is 21.6 Å². The van der Waals surface area contributed by atoms with E-state index in [-0.39, 0.29) is 10.7 Å². The smallest absolute Gasteiger partial charge is 0.406 e. The second-order valence-electron chi connectivity index (χ2n) is 4.69. The Bertz CT molecular complexity index is 1020. The van der Waals surface area contributed by atoms with Gasteiger partial charge in [0.05, 0.1) is 4.90 Å². The molecule has 1 N–H and O–H groups in total. The summed E-state index contributed by atoms with van der Waals surface area (Å²) in [5, 5.41) is 3.95. The summed E-state index contributed by atoms with van der Waals surface area (Å²) in [6.45, 7) is 0. The van der Waals surface area contributed by atoms with E-state index in [2.05, 4.69) is 35.5 Å². The van der Waals surface area contributed by atoms with Crippen molar-refractivity contribution >= 4 is 37.3 Å². The zero-order chi connectivity index (χ0) is 18.2. The summed E-state index contributed by atoms with van der Waals surface area (Å²) in [6, 6.07) is 7.07. The van der Waals surface area contributed by atoms with Crippen LogP contribution in [0, 0.1) is 0 Å². The van der Waals surface area contributed by atoms with Crippen LogP contribution in [0.4, 0.5) is 19.0 Å². The number of nitrogens with zero attached hydrogens (tertiary/aromatic N) is 3. The molecule has 0 aliphatic rings. The molecule has 0 aliphatic heterocycles. The molecule has 0 radical (unpaired) electrons. The first-order chi connectivity index (χ1) is 11.7. The molecule has 0 saturated carbocycles. The number of fused-ring (bicyclic) bond motifs is 1. The van der Waals surface area contributed by atoms with Crippen LogP contribution < -0.4 is 9.46 Å². The third-order valence-electron chi connectivity index (χ3n) is 3.00. The number of hydrogen-bond donors (Lipinski definition) is 1. The van der Waals surface area contributed by atoms with Gasteiger partial charge in [0, 0.05) is 0 Å². The van der Waals surface area contributed by atoms with Crippen molar-refractivity contribution in [2.75, 3.05) is 4.72 Å². The molecule has 3 rings (SSSR count). The van der Waals surface area contributed by atoms with E-state index in [1.807, 2.05) is 0 Å². The number of aromatic nitrogens is 3. The maximum Gasteiger partial charge on any atom is 0.573 e. The quantitative estimate of drug-likeness (QED) is 0.678. The molecule has 2 aromatic heterocycles. The second kappa shape index (κ2) is 6.19. The van der Waals surface area contributed by atoms with Crippen LogP contribution in [0.2, 0.25) is 0 Å². The number of alkyl halides is 3. The topological polar surface area (TPSA) is 85.6 Å². The number of rotatable bonds is 4. The highest BCUT2D eigenvalue weighted by atomic mass is 79.9. The van der Waals surface area contributed by atoms with Crippen molar-refractivity contribution in [2.45, 2.75) is 11.3 Å². The lowest BCUT2D eigenvalue weighted by Crippen LogP contribution is -2.17. The van der Waals surface area contributed by atoms with Gasteiger partial charge in [-0.1, -0.05) is 0 Å². The molecule has 3 aromatic rings. The first-order valence-corrected chi connectivity index (χ1v) is 8.80. The number of sulfonamides is 1. The summed E-state index contributed by atoms with van der Waals surface area (Å²) in [6.07, 6.45) is -3.69. The molecule has 25 heavy (non-hydrogen) atoms. The van der Waals surface area contributed by atoms with Crippen LogP contribution in [-0.2, 0) is 10.0 Å². The molecule has 132 valence electrons. The predicted molar refractivity (Wildman–Crippen MR) is 84.6 cm³/mol. The van der Waals surface area contributed by atoms with E-state index in [0.29, 0.717) is 10.1 Å². The van der Waals surface area contributed by atoms with Gasteiger partial charge < -0.3 is 4.74 Å². The van der Waals surface area contributed by atoms with Crippen LogP contribution >= 0.6 is 15.9 Å². The van der Waals surface area contributed by atoms with Gasteiger partial charge in [-0.15, -0.1) is 13.2 Å². The van der Waals surface area contributed by atoms with E-state index in [1.54, 1.807) is 12.1 Å². The number of halogens is 4. The Balaban J connectivity index is 1.89. The molecule has 2 heterocycles. The van der Waals surface area contributed by atoms with Gasteiger partial charge in [0.25, 0.3) is 10.0 Å². The van der Waals surface area contributed by atoms with Crippen LogP contribution in [0.5, 0.6) is 5.75 Å². The van der Waals surface area contributed by atoms with Gasteiger partial charge in [0.1, 0.15) is 22.2 Å². The molecule has 1 aromatic carbocycles. The SMILES string of the molecule is O=S(=O)(Nc1ncnn2c(Br)ccc12)c1ccc(OC(F)(F)F)cc1. The largest absolute Gasteiger partial charge is 0.573 e. The summed E-state index contributed by atoms with van der Waals surface area (Å²) >= 11 is 3.25. The molecule has 0 unspecified atom stereocenters. The van der Waals surface area contributed by atoms with Gasteiger partial charge >= 0.3 is 6.36 Å².